The summed E-state index contributed by atoms with van der Waals surface area (Å²) in [5, 5.41) is 12.5. The maximum Gasteiger partial charge on any atom is 0.129 e. The Hall–Kier alpha value is -0.840. The van der Waals surface area contributed by atoms with E-state index in [9.17, 15) is 5.11 Å². The van der Waals surface area contributed by atoms with Crippen molar-refractivity contribution < 1.29 is 14.3 Å². The third-order valence-corrected chi connectivity index (χ3v) is 2.55. The van der Waals surface area contributed by atoms with Crippen LogP contribution in [0.15, 0.2) is 16.5 Å². The van der Waals surface area contributed by atoms with Gasteiger partial charge < -0.3 is 19.6 Å². The zero-order valence-corrected chi connectivity index (χ0v) is 10.9. The summed E-state index contributed by atoms with van der Waals surface area (Å²) in [6.07, 6.45) is 0.960. The largest absolute Gasteiger partial charge is 0.462 e. The number of hydrogen-bond donors (Lipinski definition) is 2. The Morgan fingerprint density at radius 1 is 1.35 bits per heavy atom. The van der Waals surface area contributed by atoms with Crippen LogP contribution in [0, 0.1) is 5.92 Å². The fraction of sp³-hybridized carbons (Fsp3) is 0.692. The van der Waals surface area contributed by atoms with Crippen molar-refractivity contribution in [1.82, 2.24) is 5.32 Å². The number of furan rings is 1. The number of hydrogen-bond acceptors (Lipinski definition) is 4. The van der Waals surface area contributed by atoms with Gasteiger partial charge in [-0.15, -0.1) is 0 Å². The van der Waals surface area contributed by atoms with E-state index in [0.717, 1.165) is 17.9 Å². The first-order valence-corrected chi connectivity index (χ1v) is 6.06. The molecule has 17 heavy (non-hydrogen) atoms. The van der Waals surface area contributed by atoms with E-state index in [0.29, 0.717) is 19.1 Å². The van der Waals surface area contributed by atoms with E-state index in [1.165, 1.54) is 0 Å². The van der Waals surface area contributed by atoms with Gasteiger partial charge in [-0.3, -0.25) is 0 Å². The number of methoxy groups -OCH3 is 1. The third-order valence-electron chi connectivity index (χ3n) is 2.55. The van der Waals surface area contributed by atoms with Crippen LogP contribution in [0.5, 0.6) is 0 Å². The van der Waals surface area contributed by atoms with Crippen molar-refractivity contribution in [3.63, 3.8) is 0 Å². The Morgan fingerprint density at radius 3 is 2.65 bits per heavy atom. The van der Waals surface area contributed by atoms with Gasteiger partial charge in [0.05, 0.1) is 13.2 Å². The first-order valence-electron chi connectivity index (χ1n) is 6.06. The molecule has 1 atom stereocenters. The number of ether oxygens (including phenoxy) is 1. The van der Waals surface area contributed by atoms with Crippen LogP contribution >= 0.6 is 0 Å². The van der Waals surface area contributed by atoms with Crippen molar-refractivity contribution in [2.24, 2.45) is 5.92 Å². The summed E-state index contributed by atoms with van der Waals surface area (Å²) in [6, 6.07) is 3.98. The lowest BCUT2D eigenvalue weighted by Gasteiger charge is -2.17. The normalized spacial score (nSPS) is 13.2. The van der Waals surface area contributed by atoms with Gasteiger partial charge in [-0.1, -0.05) is 13.8 Å². The highest BCUT2D eigenvalue weighted by Crippen LogP contribution is 2.10. The number of rotatable bonds is 8. The molecular formula is C13H23NO3. The van der Waals surface area contributed by atoms with Crippen LogP contribution in [-0.4, -0.2) is 24.9 Å². The number of aliphatic hydroxyl groups excluding tert-OH is 1. The van der Waals surface area contributed by atoms with Crippen molar-refractivity contribution >= 4 is 0 Å². The highest BCUT2D eigenvalue weighted by molar-refractivity contribution is 5.06. The minimum absolute atomic E-state index is 0.131. The minimum Gasteiger partial charge on any atom is -0.462 e. The second kappa shape index (κ2) is 7.48. The quantitative estimate of drug-likeness (QED) is 0.730. The van der Waals surface area contributed by atoms with E-state index >= 15 is 0 Å². The molecular weight excluding hydrogens is 218 g/mol. The topological polar surface area (TPSA) is 54.6 Å². The smallest absolute Gasteiger partial charge is 0.129 e. The zero-order chi connectivity index (χ0) is 12.7. The predicted molar refractivity (Wildman–Crippen MR) is 66.6 cm³/mol. The average molecular weight is 241 g/mol. The summed E-state index contributed by atoms with van der Waals surface area (Å²) in [5.74, 6) is 2.27. The lowest BCUT2D eigenvalue weighted by molar-refractivity contribution is 0.161. The molecule has 1 aromatic heterocycles. The van der Waals surface area contributed by atoms with Crippen molar-refractivity contribution in [3.8, 4) is 0 Å². The average Bonchev–Trinajstić information content (AvgIpc) is 2.72. The lowest BCUT2D eigenvalue weighted by atomic mass is 10.0. The molecule has 0 amide bonds. The monoisotopic (exact) mass is 241 g/mol. The molecule has 2 N–H and O–H groups in total. The molecule has 0 saturated carbocycles. The molecule has 0 saturated heterocycles. The summed E-state index contributed by atoms with van der Waals surface area (Å²) in [7, 11) is 1.64. The van der Waals surface area contributed by atoms with Crippen molar-refractivity contribution in [2.45, 2.75) is 39.5 Å². The molecule has 0 aliphatic carbocycles. The highest BCUT2D eigenvalue weighted by atomic mass is 16.5. The number of nitrogens with one attached hydrogen (secondary N) is 1. The van der Waals surface area contributed by atoms with Gasteiger partial charge >= 0.3 is 0 Å². The van der Waals surface area contributed by atoms with Crippen molar-refractivity contribution in [3.05, 3.63) is 23.7 Å². The third kappa shape index (κ3) is 5.35. The molecule has 0 fully saturated rings. The molecule has 4 nitrogen and oxygen atoms in total. The molecule has 0 aliphatic rings. The van der Waals surface area contributed by atoms with E-state index < -0.39 is 0 Å². The standard InChI is InChI=1S/C13H23NO3/c1-10(2)6-11(8-15)14-7-12-4-5-13(17-12)9-16-3/h4-5,10-11,14-15H,6-9H2,1-3H3. The van der Waals surface area contributed by atoms with E-state index in [4.69, 9.17) is 9.15 Å². The molecule has 0 bridgehead atoms. The maximum atomic E-state index is 9.23. The van der Waals surface area contributed by atoms with Gasteiger partial charge in [0.2, 0.25) is 0 Å². The van der Waals surface area contributed by atoms with Gasteiger partial charge in [0.15, 0.2) is 0 Å². The van der Waals surface area contributed by atoms with Crippen LogP contribution in [0.25, 0.3) is 0 Å². The summed E-state index contributed by atoms with van der Waals surface area (Å²) < 4.78 is 10.5. The highest BCUT2D eigenvalue weighted by Gasteiger charge is 2.10. The molecule has 98 valence electrons. The molecule has 1 unspecified atom stereocenters. The van der Waals surface area contributed by atoms with E-state index in [1.54, 1.807) is 7.11 Å². The van der Waals surface area contributed by atoms with Crippen LogP contribution in [-0.2, 0) is 17.9 Å². The SMILES string of the molecule is COCc1ccc(CNC(CO)CC(C)C)o1. The lowest BCUT2D eigenvalue weighted by Crippen LogP contribution is -2.33. The van der Waals surface area contributed by atoms with E-state index in [-0.39, 0.29) is 12.6 Å². The fourth-order valence-electron chi connectivity index (χ4n) is 1.77. The second-order valence-corrected chi connectivity index (χ2v) is 4.69. The fourth-order valence-corrected chi connectivity index (χ4v) is 1.77. The van der Waals surface area contributed by atoms with Crippen LogP contribution in [0.1, 0.15) is 31.8 Å². The molecule has 0 aliphatic heterocycles. The Bertz CT molecular complexity index is 309. The van der Waals surface area contributed by atoms with Crippen molar-refractivity contribution in [2.75, 3.05) is 13.7 Å². The van der Waals surface area contributed by atoms with Crippen LogP contribution in [0.4, 0.5) is 0 Å². The molecule has 0 spiro atoms. The summed E-state index contributed by atoms with van der Waals surface area (Å²) in [5.41, 5.74) is 0. The summed E-state index contributed by atoms with van der Waals surface area (Å²) >= 11 is 0. The Balaban J connectivity index is 2.36. The molecule has 1 aromatic rings. The second-order valence-electron chi connectivity index (χ2n) is 4.69. The van der Waals surface area contributed by atoms with Crippen LogP contribution in [0.3, 0.4) is 0 Å². The van der Waals surface area contributed by atoms with Gasteiger partial charge in [-0.25, -0.2) is 0 Å². The van der Waals surface area contributed by atoms with Gasteiger partial charge in [0, 0.05) is 13.2 Å². The number of aliphatic hydroxyl groups is 1. The first-order chi connectivity index (χ1) is 8.15. The summed E-state index contributed by atoms with van der Waals surface area (Å²) in [4.78, 5) is 0. The van der Waals surface area contributed by atoms with Crippen LogP contribution < -0.4 is 5.32 Å². The maximum absolute atomic E-state index is 9.23. The Kier molecular flexibility index (Phi) is 6.26. The zero-order valence-electron chi connectivity index (χ0n) is 10.9. The van der Waals surface area contributed by atoms with Crippen LogP contribution in [0.2, 0.25) is 0 Å². The molecule has 1 rings (SSSR count). The minimum atomic E-state index is 0.131. The Labute approximate surface area is 103 Å². The van der Waals surface area contributed by atoms with E-state index in [2.05, 4.69) is 19.2 Å². The van der Waals surface area contributed by atoms with Gasteiger partial charge in [-0.05, 0) is 24.5 Å². The first kappa shape index (κ1) is 14.2. The summed E-state index contributed by atoms with van der Waals surface area (Å²) in [6.45, 7) is 5.59. The molecule has 0 aromatic carbocycles. The van der Waals surface area contributed by atoms with Gasteiger partial charge in [0.1, 0.15) is 18.1 Å². The Morgan fingerprint density at radius 2 is 2.06 bits per heavy atom. The molecule has 0 radical (unpaired) electrons. The molecule has 1 heterocycles. The predicted octanol–water partition coefficient (Wildman–Crippen LogP) is 1.92. The van der Waals surface area contributed by atoms with E-state index in [1.807, 2.05) is 12.1 Å². The molecule has 4 heteroatoms. The van der Waals surface area contributed by atoms with Gasteiger partial charge in [0.25, 0.3) is 0 Å². The van der Waals surface area contributed by atoms with Gasteiger partial charge in [-0.2, -0.15) is 0 Å². The van der Waals surface area contributed by atoms with Crippen molar-refractivity contribution in [1.29, 1.82) is 0 Å².